The summed E-state index contributed by atoms with van der Waals surface area (Å²) in [4.78, 5) is 14.1. The van der Waals surface area contributed by atoms with E-state index < -0.39 is 6.10 Å². The maximum Gasteiger partial charge on any atom is 0.317 e. The molecule has 0 radical (unpaired) electrons. The number of nitrogens with zero attached hydrogens (tertiary/aromatic N) is 1. The Morgan fingerprint density at radius 2 is 2.22 bits per heavy atom. The van der Waals surface area contributed by atoms with Gasteiger partial charge < -0.3 is 19.7 Å². The van der Waals surface area contributed by atoms with Crippen LogP contribution in [0.15, 0.2) is 10.5 Å². The van der Waals surface area contributed by atoms with E-state index in [2.05, 4.69) is 19.2 Å². The van der Waals surface area contributed by atoms with Gasteiger partial charge >= 0.3 is 6.03 Å². The first-order valence-corrected chi connectivity index (χ1v) is 8.54. The zero-order chi connectivity index (χ0) is 16.8. The third-order valence-electron chi connectivity index (χ3n) is 5.01. The van der Waals surface area contributed by atoms with Crippen LogP contribution in [0.5, 0.6) is 0 Å². The largest absolute Gasteiger partial charge is 0.466 e. The van der Waals surface area contributed by atoms with Gasteiger partial charge in [-0.2, -0.15) is 0 Å². The second kappa shape index (κ2) is 5.86. The monoisotopic (exact) mass is 320 g/mol. The SMILES string of the molecule is Cc1cc2c(o1)CC(C)(C)CC2NC(=O)N(C)CC(O)C1CC1. The summed E-state index contributed by atoms with van der Waals surface area (Å²) >= 11 is 0. The van der Waals surface area contributed by atoms with E-state index >= 15 is 0 Å². The van der Waals surface area contributed by atoms with Crippen molar-refractivity contribution in [3.63, 3.8) is 0 Å². The maximum absolute atomic E-state index is 12.5. The van der Waals surface area contributed by atoms with E-state index in [-0.39, 0.29) is 17.5 Å². The number of aliphatic hydroxyl groups excluding tert-OH is 1. The van der Waals surface area contributed by atoms with Gasteiger partial charge in [0.05, 0.1) is 12.1 Å². The molecule has 2 unspecified atom stereocenters. The van der Waals surface area contributed by atoms with E-state index in [0.29, 0.717) is 12.5 Å². The molecule has 5 nitrogen and oxygen atoms in total. The quantitative estimate of drug-likeness (QED) is 0.896. The topological polar surface area (TPSA) is 65.7 Å². The lowest BCUT2D eigenvalue weighted by atomic mass is 9.75. The number of furan rings is 1. The minimum Gasteiger partial charge on any atom is -0.466 e. The van der Waals surface area contributed by atoms with E-state index in [1.807, 2.05) is 13.0 Å². The molecule has 1 saturated carbocycles. The number of urea groups is 1. The van der Waals surface area contributed by atoms with Gasteiger partial charge in [0.25, 0.3) is 0 Å². The van der Waals surface area contributed by atoms with E-state index in [4.69, 9.17) is 4.42 Å². The average Bonchev–Trinajstić information content (AvgIpc) is 3.21. The molecule has 0 aromatic carbocycles. The number of nitrogens with one attached hydrogen (secondary N) is 1. The molecule has 0 spiro atoms. The van der Waals surface area contributed by atoms with Crippen molar-refractivity contribution in [3.8, 4) is 0 Å². The summed E-state index contributed by atoms with van der Waals surface area (Å²) in [6.45, 7) is 6.74. The van der Waals surface area contributed by atoms with Gasteiger partial charge in [0.1, 0.15) is 11.5 Å². The molecule has 2 amide bonds. The number of hydrogen-bond acceptors (Lipinski definition) is 3. The van der Waals surface area contributed by atoms with Crippen molar-refractivity contribution < 1.29 is 14.3 Å². The van der Waals surface area contributed by atoms with Crippen molar-refractivity contribution in [2.45, 2.75) is 58.6 Å². The summed E-state index contributed by atoms with van der Waals surface area (Å²) < 4.78 is 5.81. The van der Waals surface area contributed by atoms with Gasteiger partial charge in [-0.05, 0) is 43.6 Å². The third kappa shape index (κ3) is 3.71. The number of amides is 2. The van der Waals surface area contributed by atoms with Crippen molar-refractivity contribution >= 4 is 6.03 Å². The predicted molar refractivity (Wildman–Crippen MR) is 88.2 cm³/mol. The van der Waals surface area contributed by atoms with Crippen molar-refractivity contribution in [2.75, 3.05) is 13.6 Å². The molecule has 0 bridgehead atoms. The molecule has 0 aliphatic heterocycles. The minimum atomic E-state index is -0.403. The number of likely N-dealkylation sites (N-methyl/N-ethyl adjacent to an activating group) is 1. The second-order valence-corrected chi connectivity index (χ2v) is 8.07. The number of rotatable bonds is 4. The average molecular weight is 320 g/mol. The molecule has 1 fully saturated rings. The fraction of sp³-hybridized carbons (Fsp3) is 0.722. The normalized spacial score (nSPS) is 24.0. The van der Waals surface area contributed by atoms with Crippen LogP contribution in [0.2, 0.25) is 0 Å². The van der Waals surface area contributed by atoms with Crippen LogP contribution in [-0.4, -0.2) is 35.7 Å². The van der Waals surface area contributed by atoms with E-state index in [1.54, 1.807) is 11.9 Å². The minimum absolute atomic E-state index is 0.0285. The molecule has 128 valence electrons. The highest BCUT2D eigenvalue weighted by atomic mass is 16.3. The predicted octanol–water partition coefficient (Wildman–Crippen LogP) is 3.01. The molecule has 5 heteroatoms. The zero-order valence-electron chi connectivity index (χ0n) is 14.6. The maximum atomic E-state index is 12.5. The second-order valence-electron chi connectivity index (χ2n) is 8.07. The van der Waals surface area contributed by atoms with Crippen LogP contribution in [0.1, 0.15) is 56.2 Å². The number of carbonyl (C=O) groups excluding carboxylic acids is 1. The van der Waals surface area contributed by atoms with Crippen molar-refractivity contribution in [2.24, 2.45) is 11.3 Å². The third-order valence-corrected chi connectivity index (χ3v) is 5.01. The Morgan fingerprint density at radius 1 is 1.52 bits per heavy atom. The van der Waals surface area contributed by atoms with Gasteiger partial charge in [-0.25, -0.2) is 4.79 Å². The molecule has 1 aromatic rings. The fourth-order valence-electron chi connectivity index (χ4n) is 3.57. The summed E-state index contributed by atoms with van der Waals surface area (Å²) in [6.07, 6.45) is 3.54. The van der Waals surface area contributed by atoms with Gasteiger partial charge in [0, 0.05) is 25.6 Å². The molecular formula is C18H28N2O3. The van der Waals surface area contributed by atoms with E-state index in [9.17, 15) is 9.90 Å². The molecule has 2 atom stereocenters. The lowest BCUT2D eigenvalue weighted by Gasteiger charge is -2.35. The van der Waals surface area contributed by atoms with Gasteiger partial charge in [0.2, 0.25) is 0 Å². The van der Waals surface area contributed by atoms with Crippen LogP contribution in [0.3, 0.4) is 0 Å². The van der Waals surface area contributed by atoms with Crippen LogP contribution in [0.25, 0.3) is 0 Å². The van der Waals surface area contributed by atoms with Crippen molar-refractivity contribution in [1.82, 2.24) is 10.2 Å². The first-order valence-electron chi connectivity index (χ1n) is 8.54. The van der Waals surface area contributed by atoms with E-state index in [0.717, 1.165) is 42.8 Å². The smallest absolute Gasteiger partial charge is 0.317 e. The van der Waals surface area contributed by atoms with Crippen LogP contribution < -0.4 is 5.32 Å². The number of aliphatic hydroxyl groups is 1. The Balaban J connectivity index is 1.67. The van der Waals surface area contributed by atoms with Crippen LogP contribution in [-0.2, 0) is 6.42 Å². The summed E-state index contributed by atoms with van der Waals surface area (Å²) in [5.41, 5.74) is 1.20. The molecule has 2 aliphatic rings. The summed E-state index contributed by atoms with van der Waals surface area (Å²) in [5.74, 6) is 2.26. The Kier molecular flexibility index (Phi) is 4.17. The lowest BCUT2D eigenvalue weighted by molar-refractivity contribution is 0.111. The number of hydrogen-bond donors (Lipinski definition) is 2. The fourth-order valence-corrected chi connectivity index (χ4v) is 3.57. The first kappa shape index (κ1) is 16.4. The Morgan fingerprint density at radius 3 is 2.87 bits per heavy atom. The molecular weight excluding hydrogens is 292 g/mol. The Bertz CT molecular complexity index is 589. The highest BCUT2D eigenvalue weighted by Gasteiger charge is 2.36. The molecule has 2 N–H and O–H groups in total. The first-order chi connectivity index (χ1) is 10.7. The zero-order valence-corrected chi connectivity index (χ0v) is 14.6. The molecule has 1 aromatic heterocycles. The van der Waals surface area contributed by atoms with E-state index in [1.165, 1.54) is 0 Å². The standard InChI is InChI=1S/C18H28N2O3/c1-11-7-13-14(8-18(2,3)9-16(13)23-11)19-17(22)20(4)10-15(21)12-5-6-12/h7,12,14-15,21H,5-6,8-10H2,1-4H3,(H,19,22). The van der Waals surface area contributed by atoms with Crippen LogP contribution >= 0.6 is 0 Å². The van der Waals surface area contributed by atoms with Gasteiger partial charge in [0.15, 0.2) is 0 Å². The van der Waals surface area contributed by atoms with Gasteiger partial charge in [-0.3, -0.25) is 0 Å². The highest BCUT2D eigenvalue weighted by molar-refractivity contribution is 5.74. The van der Waals surface area contributed by atoms with Crippen LogP contribution in [0, 0.1) is 18.3 Å². The molecule has 1 heterocycles. The summed E-state index contributed by atoms with van der Waals surface area (Å²) in [7, 11) is 1.75. The molecule has 2 aliphatic carbocycles. The van der Waals surface area contributed by atoms with Crippen LogP contribution in [0.4, 0.5) is 4.79 Å². The number of aryl methyl sites for hydroxylation is 1. The Hall–Kier alpha value is -1.49. The number of carbonyl (C=O) groups is 1. The lowest BCUT2D eigenvalue weighted by Crippen LogP contribution is -2.45. The Labute approximate surface area is 138 Å². The molecule has 3 rings (SSSR count). The molecule has 0 saturated heterocycles. The van der Waals surface area contributed by atoms with Gasteiger partial charge in [-0.1, -0.05) is 13.8 Å². The van der Waals surface area contributed by atoms with Gasteiger partial charge in [-0.15, -0.1) is 0 Å². The summed E-state index contributed by atoms with van der Waals surface area (Å²) in [6, 6.07) is 1.88. The molecule has 23 heavy (non-hydrogen) atoms. The summed E-state index contributed by atoms with van der Waals surface area (Å²) in [5, 5.41) is 13.1. The number of fused-ring (bicyclic) bond motifs is 1. The highest BCUT2D eigenvalue weighted by Crippen LogP contribution is 2.42. The van der Waals surface area contributed by atoms with Crippen molar-refractivity contribution in [1.29, 1.82) is 0 Å². The van der Waals surface area contributed by atoms with Crippen molar-refractivity contribution in [3.05, 3.63) is 23.2 Å².